The fraction of sp³-hybridized carbons (Fsp3) is 0.444. The predicted molar refractivity (Wildman–Crippen MR) is 49.6 cm³/mol. The van der Waals surface area contributed by atoms with Crippen LogP contribution in [0, 0.1) is 0 Å². The first-order valence-corrected chi connectivity index (χ1v) is 4.26. The van der Waals surface area contributed by atoms with Crippen molar-refractivity contribution in [3.8, 4) is 0 Å². The van der Waals surface area contributed by atoms with Gasteiger partial charge in [-0.3, -0.25) is 4.79 Å². The van der Waals surface area contributed by atoms with Gasteiger partial charge in [0.15, 0.2) is 6.23 Å². The van der Waals surface area contributed by atoms with E-state index in [1.165, 1.54) is 6.92 Å². The quantitative estimate of drug-likeness (QED) is 0.667. The second kappa shape index (κ2) is 4.67. The van der Waals surface area contributed by atoms with E-state index in [-0.39, 0.29) is 12.1 Å². The van der Waals surface area contributed by atoms with Gasteiger partial charge in [0.1, 0.15) is 0 Å². The molecule has 0 radical (unpaired) electrons. The van der Waals surface area contributed by atoms with E-state index >= 15 is 0 Å². The molecule has 4 nitrogen and oxygen atoms in total. The van der Waals surface area contributed by atoms with E-state index in [1.807, 2.05) is 19.1 Å². The molecule has 72 valence electrons. The van der Waals surface area contributed by atoms with Crippen LogP contribution in [0.25, 0.3) is 0 Å². The van der Waals surface area contributed by atoms with Crippen molar-refractivity contribution in [1.29, 1.82) is 0 Å². The Bertz CT molecular complexity index is 246. The Labute approximate surface area is 77.6 Å². The van der Waals surface area contributed by atoms with Gasteiger partial charge in [-0.05, 0) is 25.3 Å². The number of hydrogen-bond acceptors (Lipinski definition) is 3. The van der Waals surface area contributed by atoms with Gasteiger partial charge in [0.05, 0.1) is 5.70 Å². The number of rotatable bonds is 3. The fourth-order valence-corrected chi connectivity index (χ4v) is 1.09. The van der Waals surface area contributed by atoms with Gasteiger partial charge < -0.3 is 15.4 Å². The molecule has 0 fully saturated rings. The zero-order valence-corrected chi connectivity index (χ0v) is 7.83. The van der Waals surface area contributed by atoms with Crippen LogP contribution in [0.2, 0.25) is 0 Å². The van der Waals surface area contributed by atoms with Crippen molar-refractivity contribution in [3.05, 3.63) is 24.0 Å². The molecule has 1 atom stereocenters. The first-order chi connectivity index (χ1) is 6.24. The summed E-state index contributed by atoms with van der Waals surface area (Å²) in [6.07, 6.45) is 5.18. The van der Waals surface area contributed by atoms with E-state index in [4.69, 9.17) is 4.74 Å². The lowest BCUT2D eigenvalue weighted by atomic mass is 10.3. The lowest BCUT2D eigenvalue weighted by Gasteiger charge is -2.22. The highest BCUT2D eigenvalue weighted by Crippen LogP contribution is 2.05. The molecule has 1 amide bonds. The third kappa shape index (κ3) is 2.91. The molecule has 0 aromatic carbocycles. The summed E-state index contributed by atoms with van der Waals surface area (Å²) in [5.41, 5.74) is 0.747. The van der Waals surface area contributed by atoms with Crippen LogP contribution < -0.4 is 10.6 Å². The van der Waals surface area contributed by atoms with Gasteiger partial charge >= 0.3 is 0 Å². The number of hydrogen-bond donors (Lipinski definition) is 2. The van der Waals surface area contributed by atoms with Gasteiger partial charge in [0, 0.05) is 13.5 Å². The first kappa shape index (κ1) is 9.80. The average Bonchev–Trinajstić information content (AvgIpc) is 2.08. The normalized spacial score (nSPS) is 20.5. The second-order valence-corrected chi connectivity index (χ2v) is 2.66. The van der Waals surface area contributed by atoms with Crippen LogP contribution in [0.5, 0.6) is 0 Å². The summed E-state index contributed by atoms with van der Waals surface area (Å²) in [5.74, 6) is -0.0898. The number of carbonyl (C=O) groups excluding carboxylic acids is 1. The molecular formula is C9H14N2O2. The highest BCUT2D eigenvalue weighted by molar-refractivity contribution is 5.75. The standard InChI is InChI=1S/C9H14N2O2/c1-3-13-9-8(11-7(2)12)5-4-6-10-9/h4-6,9-10H,3H2,1-2H3,(H,11,12). The van der Waals surface area contributed by atoms with Crippen molar-refractivity contribution in [1.82, 2.24) is 10.6 Å². The monoisotopic (exact) mass is 182 g/mol. The highest BCUT2D eigenvalue weighted by Gasteiger charge is 2.14. The minimum absolute atomic E-state index is 0.0898. The Kier molecular flexibility index (Phi) is 3.52. The number of ether oxygens (including phenoxy) is 1. The van der Waals surface area contributed by atoms with Crippen molar-refractivity contribution < 1.29 is 9.53 Å². The summed E-state index contributed by atoms with van der Waals surface area (Å²) in [7, 11) is 0. The first-order valence-electron chi connectivity index (χ1n) is 4.26. The molecule has 0 aliphatic carbocycles. The number of allylic oxidation sites excluding steroid dienone is 2. The SMILES string of the molecule is CCOC1NC=CC=C1NC(C)=O. The van der Waals surface area contributed by atoms with Crippen LogP contribution in [0.1, 0.15) is 13.8 Å². The summed E-state index contributed by atoms with van der Waals surface area (Å²) in [5, 5.41) is 5.69. The van der Waals surface area contributed by atoms with Crippen molar-refractivity contribution in [3.63, 3.8) is 0 Å². The van der Waals surface area contributed by atoms with Crippen LogP contribution in [0.4, 0.5) is 0 Å². The molecule has 0 aromatic heterocycles. The van der Waals surface area contributed by atoms with Crippen LogP contribution in [-0.4, -0.2) is 18.7 Å². The molecule has 13 heavy (non-hydrogen) atoms. The van der Waals surface area contributed by atoms with Gasteiger partial charge in [-0.1, -0.05) is 0 Å². The summed E-state index contributed by atoms with van der Waals surface area (Å²) >= 11 is 0. The molecule has 0 saturated carbocycles. The van der Waals surface area contributed by atoms with Crippen LogP contribution in [0.15, 0.2) is 24.0 Å². The molecular weight excluding hydrogens is 168 g/mol. The van der Waals surface area contributed by atoms with Crippen molar-refractivity contribution in [2.75, 3.05) is 6.61 Å². The van der Waals surface area contributed by atoms with E-state index in [1.54, 1.807) is 6.20 Å². The lowest BCUT2D eigenvalue weighted by molar-refractivity contribution is -0.118. The predicted octanol–water partition coefficient (Wildman–Crippen LogP) is 0.486. The molecule has 0 spiro atoms. The van der Waals surface area contributed by atoms with Gasteiger partial charge in [-0.25, -0.2) is 0 Å². The maximum Gasteiger partial charge on any atom is 0.221 e. The van der Waals surface area contributed by atoms with Crippen LogP contribution in [0.3, 0.4) is 0 Å². The topological polar surface area (TPSA) is 50.4 Å². The van der Waals surface area contributed by atoms with E-state index in [2.05, 4.69) is 10.6 Å². The zero-order chi connectivity index (χ0) is 9.68. The molecule has 1 rings (SSSR count). The largest absolute Gasteiger partial charge is 0.361 e. The second-order valence-electron chi connectivity index (χ2n) is 2.66. The summed E-state index contributed by atoms with van der Waals surface area (Å²) in [4.78, 5) is 10.8. The van der Waals surface area contributed by atoms with Crippen LogP contribution in [-0.2, 0) is 9.53 Å². The molecule has 1 unspecified atom stereocenters. The molecule has 0 saturated heterocycles. The fourth-order valence-electron chi connectivity index (χ4n) is 1.09. The minimum Gasteiger partial charge on any atom is -0.361 e. The van der Waals surface area contributed by atoms with Gasteiger partial charge in [-0.15, -0.1) is 0 Å². The summed E-state index contributed by atoms with van der Waals surface area (Å²) < 4.78 is 5.35. The number of dihydropyridines is 1. The third-order valence-corrected chi connectivity index (χ3v) is 1.56. The van der Waals surface area contributed by atoms with E-state index in [0.717, 1.165) is 5.70 Å². The Hall–Kier alpha value is -1.29. The number of carbonyl (C=O) groups is 1. The zero-order valence-electron chi connectivity index (χ0n) is 7.83. The van der Waals surface area contributed by atoms with E-state index in [9.17, 15) is 4.79 Å². The molecule has 1 aliphatic heterocycles. The van der Waals surface area contributed by atoms with Gasteiger partial charge in [0.2, 0.25) is 5.91 Å². The molecule has 1 heterocycles. The van der Waals surface area contributed by atoms with Crippen molar-refractivity contribution >= 4 is 5.91 Å². The number of nitrogens with one attached hydrogen (secondary N) is 2. The van der Waals surface area contributed by atoms with Gasteiger partial charge in [-0.2, -0.15) is 0 Å². The Balaban J connectivity index is 2.59. The van der Waals surface area contributed by atoms with Gasteiger partial charge in [0.25, 0.3) is 0 Å². The molecule has 0 bridgehead atoms. The molecule has 1 aliphatic rings. The van der Waals surface area contributed by atoms with Crippen molar-refractivity contribution in [2.45, 2.75) is 20.1 Å². The van der Waals surface area contributed by atoms with Crippen LogP contribution >= 0.6 is 0 Å². The van der Waals surface area contributed by atoms with E-state index < -0.39 is 0 Å². The molecule has 2 N–H and O–H groups in total. The molecule has 0 aromatic rings. The average molecular weight is 182 g/mol. The van der Waals surface area contributed by atoms with E-state index in [0.29, 0.717) is 6.61 Å². The maximum absolute atomic E-state index is 10.8. The Morgan fingerprint density at radius 1 is 1.77 bits per heavy atom. The maximum atomic E-state index is 10.8. The smallest absolute Gasteiger partial charge is 0.221 e. The third-order valence-electron chi connectivity index (χ3n) is 1.56. The summed E-state index contributed by atoms with van der Waals surface area (Å²) in [6.45, 7) is 3.98. The lowest BCUT2D eigenvalue weighted by Crippen LogP contribution is -2.39. The Morgan fingerprint density at radius 2 is 2.54 bits per heavy atom. The number of amides is 1. The summed E-state index contributed by atoms with van der Waals surface area (Å²) in [6, 6.07) is 0. The highest BCUT2D eigenvalue weighted by atomic mass is 16.5. The molecule has 4 heteroatoms. The minimum atomic E-state index is -0.237. The Morgan fingerprint density at radius 3 is 3.15 bits per heavy atom. The van der Waals surface area contributed by atoms with Crippen molar-refractivity contribution in [2.24, 2.45) is 0 Å².